The van der Waals surface area contributed by atoms with Crippen molar-refractivity contribution in [3.8, 4) is 11.4 Å². The Balaban J connectivity index is 1.80. The van der Waals surface area contributed by atoms with E-state index in [-0.39, 0.29) is 11.3 Å². The first-order valence-electron chi connectivity index (χ1n) is 9.78. The topological polar surface area (TPSA) is 96.6 Å². The number of fused-ring (bicyclic) bond motifs is 2. The van der Waals surface area contributed by atoms with Gasteiger partial charge in [0.2, 0.25) is 0 Å². The van der Waals surface area contributed by atoms with Gasteiger partial charge in [0.15, 0.2) is 0 Å². The van der Waals surface area contributed by atoms with E-state index in [4.69, 9.17) is 0 Å². The van der Waals surface area contributed by atoms with Crippen molar-refractivity contribution in [2.24, 2.45) is 0 Å². The summed E-state index contributed by atoms with van der Waals surface area (Å²) in [6, 6.07) is 18.9. The van der Waals surface area contributed by atoms with Crippen molar-refractivity contribution >= 4 is 59.0 Å². The molecule has 0 aliphatic rings. The Bertz CT molecular complexity index is 1830. The van der Waals surface area contributed by atoms with Crippen molar-refractivity contribution < 1.29 is 15.0 Å². The SMILES string of the molecule is O=C(O)c1cc(-n2c(=O)c3ccc4sc5ccccc5c5ccc(c2=O)c3c45)ccc1O. The number of aromatic carboxylic acids is 1. The van der Waals surface area contributed by atoms with Gasteiger partial charge in [0.05, 0.1) is 5.69 Å². The van der Waals surface area contributed by atoms with Crippen molar-refractivity contribution in [3.63, 3.8) is 0 Å². The van der Waals surface area contributed by atoms with Crippen LogP contribution in [0.2, 0.25) is 0 Å². The molecule has 0 spiro atoms. The minimum atomic E-state index is -1.35. The molecule has 7 heteroatoms. The zero-order valence-corrected chi connectivity index (χ0v) is 17.1. The zero-order valence-electron chi connectivity index (χ0n) is 16.3. The smallest absolute Gasteiger partial charge is 0.339 e. The lowest BCUT2D eigenvalue weighted by Crippen LogP contribution is -2.32. The first-order chi connectivity index (χ1) is 15.5. The Morgan fingerprint density at radius 3 is 2.19 bits per heavy atom. The molecule has 0 atom stereocenters. The van der Waals surface area contributed by atoms with Crippen molar-refractivity contribution in [2.75, 3.05) is 0 Å². The second-order valence-electron chi connectivity index (χ2n) is 7.57. The van der Waals surface area contributed by atoms with Crippen LogP contribution < -0.4 is 11.1 Å². The standard InChI is InChI=1S/C25H13NO5S/c27-18-9-5-12(11-17(18)25(30)31)26-23(28)15-7-6-14-13-3-1-2-4-19(13)32-20-10-8-16(24(26)29)21(15)22(14)20/h1-11,27H,(H,30,31). The predicted molar refractivity (Wildman–Crippen MR) is 126 cm³/mol. The highest BCUT2D eigenvalue weighted by Gasteiger charge is 2.20. The average Bonchev–Trinajstić information content (AvgIpc) is 2.79. The lowest BCUT2D eigenvalue weighted by Gasteiger charge is -2.14. The van der Waals surface area contributed by atoms with Gasteiger partial charge in [0.1, 0.15) is 11.3 Å². The highest BCUT2D eigenvalue weighted by atomic mass is 32.1. The fourth-order valence-electron chi connectivity index (χ4n) is 4.43. The lowest BCUT2D eigenvalue weighted by molar-refractivity contribution is 0.0693. The third-order valence-electron chi connectivity index (χ3n) is 5.86. The van der Waals surface area contributed by atoms with Gasteiger partial charge < -0.3 is 10.2 Å². The lowest BCUT2D eigenvalue weighted by atomic mass is 9.97. The summed E-state index contributed by atoms with van der Waals surface area (Å²) < 4.78 is 3.06. The van der Waals surface area contributed by atoms with Crippen LogP contribution in [-0.4, -0.2) is 20.7 Å². The molecule has 0 saturated heterocycles. The number of nitrogens with zero attached hydrogens (tertiary/aromatic N) is 1. The second kappa shape index (κ2) is 6.38. The molecule has 2 aromatic heterocycles. The van der Waals surface area contributed by atoms with Crippen LogP contribution in [0.15, 0.2) is 76.3 Å². The zero-order chi connectivity index (χ0) is 22.1. The first kappa shape index (κ1) is 18.5. The molecule has 32 heavy (non-hydrogen) atoms. The summed E-state index contributed by atoms with van der Waals surface area (Å²) in [5.41, 5.74) is -1.35. The highest BCUT2D eigenvalue weighted by molar-refractivity contribution is 7.25. The maximum absolute atomic E-state index is 13.4. The second-order valence-corrected chi connectivity index (χ2v) is 8.66. The van der Waals surface area contributed by atoms with Crippen molar-refractivity contribution in [1.29, 1.82) is 0 Å². The summed E-state index contributed by atoms with van der Waals surface area (Å²) in [5, 5.41) is 23.4. The molecule has 0 bridgehead atoms. The molecular weight excluding hydrogens is 426 g/mol. The number of carboxylic acid groups (broad SMARTS) is 1. The van der Waals surface area contributed by atoms with Crippen molar-refractivity contribution in [3.05, 3.63) is 93.0 Å². The molecule has 4 aromatic carbocycles. The summed E-state index contributed by atoms with van der Waals surface area (Å²) in [4.78, 5) is 38.3. The van der Waals surface area contributed by atoms with E-state index in [1.807, 2.05) is 36.4 Å². The normalized spacial score (nSPS) is 11.8. The fraction of sp³-hybridized carbons (Fsp3) is 0. The Morgan fingerprint density at radius 2 is 1.44 bits per heavy atom. The Kier molecular flexibility index (Phi) is 3.70. The van der Waals surface area contributed by atoms with Gasteiger partial charge in [-0.15, -0.1) is 11.3 Å². The molecular formula is C25H13NO5S. The van der Waals surface area contributed by atoms with Gasteiger partial charge in [-0.3, -0.25) is 9.59 Å². The van der Waals surface area contributed by atoms with Gasteiger partial charge in [-0.2, -0.15) is 0 Å². The number of rotatable bonds is 2. The summed E-state index contributed by atoms with van der Waals surface area (Å²) in [5.74, 6) is -1.79. The van der Waals surface area contributed by atoms with Crippen LogP contribution in [-0.2, 0) is 0 Å². The maximum atomic E-state index is 13.4. The van der Waals surface area contributed by atoms with Gasteiger partial charge >= 0.3 is 5.97 Å². The number of benzene rings is 4. The third-order valence-corrected chi connectivity index (χ3v) is 6.99. The van der Waals surface area contributed by atoms with E-state index >= 15 is 0 Å². The third kappa shape index (κ3) is 2.36. The van der Waals surface area contributed by atoms with Crippen molar-refractivity contribution in [2.45, 2.75) is 0 Å². The molecule has 154 valence electrons. The molecule has 0 amide bonds. The minimum absolute atomic E-state index is 0.0916. The summed E-state index contributed by atoms with van der Waals surface area (Å²) in [6.45, 7) is 0. The molecule has 0 aliphatic heterocycles. The van der Waals surface area contributed by atoms with E-state index < -0.39 is 22.8 Å². The summed E-state index contributed by atoms with van der Waals surface area (Å²) in [6.07, 6.45) is 0. The molecule has 0 unspecified atom stereocenters. The molecule has 6 rings (SSSR count). The van der Waals surface area contributed by atoms with Crippen LogP contribution in [0.4, 0.5) is 0 Å². The van der Waals surface area contributed by atoms with Crippen LogP contribution >= 0.6 is 11.3 Å². The van der Waals surface area contributed by atoms with Gasteiger partial charge in [0.25, 0.3) is 11.1 Å². The van der Waals surface area contributed by atoms with Crippen molar-refractivity contribution in [1.82, 2.24) is 4.57 Å². The molecule has 6 nitrogen and oxygen atoms in total. The van der Waals surface area contributed by atoms with E-state index in [0.29, 0.717) is 16.2 Å². The average molecular weight is 439 g/mol. The number of phenols is 1. The van der Waals surface area contributed by atoms with Gasteiger partial charge in [-0.05, 0) is 53.2 Å². The number of carboxylic acids is 1. The summed E-state index contributed by atoms with van der Waals surface area (Å²) >= 11 is 1.60. The highest BCUT2D eigenvalue weighted by Crippen LogP contribution is 2.39. The summed E-state index contributed by atoms with van der Waals surface area (Å²) in [7, 11) is 0. The van der Waals surface area contributed by atoms with E-state index in [1.165, 1.54) is 12.1 Å². The van der Waals surface area contributed by atoms with Gasteiger partial charge in [-0.25, -0.2) is 9.36 Å². The number of pyridine rings is 1. The number of carbonyl (C=O) groups is 1. The van der Waals surface area contributed by atoms with Crippen LogP contribution in [0.5, 0.6) is 5.75 Å². The molecule has 2 heterocycles. The monoisotopic (exact) mass is 439 g/mol. The van der Waals surface area contributed by atoms with E-state index in [1.54, 1.807) is 23.5 Å². The minimum Gasteiger partial charge on any atom is -0.507 e. The van der Waals surface area contributed by atoms with Crippen LogP contribution in [0.3, 0.4) is 0 Å². The number of hydrogen-bond donors (Lipinski definition) is 2. The van der Waals surface area contributed by atoms with Gasteiger partial charge in [0, 0.05) is 30.9 Å². The van der Waals surface area contributed by atoms with Crippen LogP contribution in [0.25, 0.3) is 47.4 Å². The molecule has 0 radical (unpaired) electrons. The maximum Gasteiger partial charge on any atom is 0.339 e. The molecule has 0 fully saturated rings. The van der Waals surface area contributed by atoms with Crippen LogP contribution in [0, 0.1) is 0 Å². The number of hydrogen-bond acceptors (Lipinski definition) is 5. The van der Waals surface area contributed by atoms with Gasteiger partial charge in [-0.1, -0.05) is 24.3 Å². The first-order valence-corrected chi connectivity index (χ1v) is 10.6. The molecule has 6 aromatic rings. The largest absolute Gasteiger partial charge is 0.507 e. The fourth-order valence-corrected chi connectivity index (χ4v) is 5.55. The Labute approximate surface area is 183 Å². The van der Waals surface area contributed by atoms with E-state index in [0.717, 1.165) is 36.2 Å². The Hall–Kier alpha value is -4.23. The number of aromatic nitrogens is 1. The Morgan fingerprint density at radius 1 is 0.750 bits per heavy atom. The van der Waals surface area contributed by atoms with Crippen LogP contribution in [0.1, 0.15) is 10.4 Å². The molecule has 0 aliphatic carbocycles. The molecule has 2 N–H and O–H groups in total. The van der Waals surface area contributed by atoms with E-state index in [2.05, 4.69) is 0 Å². The predicted octanol–water partition coefficient (Wildman–Crippen LogP) is 4.71. The molecule has 0 saturated carbocycles. The quantitative estimate of drug-likeness (QED) is 0.301. The number of aromatic hydroxyl groups is 1. The van der Waals surface area contributed by atoms with E-state index in [9.17, 15) is 24.6 Å².